The van der Waals surface area contributed by atoms with E-state index in [9.17, 15) is 13.6 Å². The molecule has 0 spiro atoms. The van der Waals surface area contributed by atoms with Gasteiger partial charge in [0.2, 0.25) is 0 Å². The van der Waals surface area contributed by atoms with Gasteiger partial charge in [-0.05, 0) is 42.5 Å². The molecule has 0 aliphatic carbocycles. The van der Waals surface area contributed by atoms with Crippen LogP contribution in [0.3, 0.4) is 0 Å². The van der Waals surface area contributed by atoms with E-state index in [1.165, 1.54) is 6.07 Å². The van der Waals surface area contributed by atoms with E-state index in [2.05, 4.69) is 0 Å². The van der Waals surface area contributed by atoms with Crippen LogP contribution in [0.2, 0.25) is 5.02 Å². The third kappa shape index (κ3) is 5.92. The maximum absolute atomic E-state index is 13.8. The average Bonchev–Trinajstić information content (AvgIpc) is 2.72. The molecule has 2 nitrogen and oxygen atoms in total. The zero-order valence-corrected chi connectivity index (χ0v) is 20.6. The molecule has 0 unspecified atom stereocenters. The van der Waals surface area contributed by atoms with E-state index in [-0.39, 0.29) is 28.2 Å². The predicted molar refractivity (Wildman–Crippen MR) is 131 cm³/mol. The van der Waals surface area contributed by atoms with Gasteiger partial charge >= 0.3 is 0 Å². The van der Waals surface area contributed by atoms with Gasteiger partial charge in [0.1, 0.15) is 0 Å². The highest BCUT2D eigenvalue weighted by Crippen LogP contribution is 2.34. The number of carbonyl (C=O) groups is 1. The van der Waals surface area contributed by atoms with E-state index < -0.39 is 5.92 Å². The first-order valence-corrected chi connectivity index (χ1v) is 11.4. The second kappa shape index (κ2) is 10.5. The van der Waals surface area contributed by atoms with Crippen molar-refractivity contribution in [2.24, 2.45) is 16.8 Å². The van der Waals surface area contributed by atoms with Gasteiger partial charge in [-0.25, -0.2) is 8.78 Å². The Labute approximate surface area is 195 Å². The molecule has 2 rings (SSSR count). The van der Waals surface area contributed by atoms with Crippen molar-refractivity contribution in [2.45, 2.75) is 60.8 Å². The maximum Gasteiger partial charge on any atom is 0.271 e. The van der Waals surface area contributed by atoms with Crippen LogP contribution in [-0.2, 0) is 12.3 Å². The van der Waals surface area contributed by atoms with Gasteiger partial charge in [-0.1, -0.05) is 76.6 Å². The number of Topliss-reactive ketones (excluding diaryl/α,β-unsaturated/α-hetero) is 1. The molecule has 0 radical (unpaired) electrons. The molecule has 0 N–H and O–H groups in total. The monoisotopic (exact) mass is 459 g/mol. The molecule has 172 valence electrons. The van der Waals surface area contributed by atoms with Crippen molar-refractivity contribution >= 4 is 28.8 Å². The summed E-state index contributed by atoms with van der Waals surface area (Å²) < 4.78 is 27.5. The van der Waals surface area contributed by atoms with E-state index in [1.807, 2.05) is 65.8 Å². The van der Waals surface area contributed by atoms with Gasteiger partial charge in [-0.2, -0.15) is 0 Å². The molecule has 0 saturated carbocycles. The van der Waals surface area contributed by atoms with Crippen LogP contribution in [-0.4, -0.2) is 11.5 Å². The summed E-state index contributed by atoms with van der Waals surface area (Å²) in [4.78, 5) is 17.4. The largest absolute Gasteiger partial charge is 0.294 e. The third-order valence-electron chi connectivity index (χ3n) is 5.37. The average molecular weight is 460 g/mol. The normalized spacial score (nSPS) is 13.2. The number of hydrogen-bond acceptors (Lipinski definition) is 2. The van der Waals surface area contributed by atoms with E-state index in [4.69, 9.17) is 16.6 Å². The first-order valence-electron chi connectivity index (χ1n) is 11.0. The summed E-state index contributed by atoms with van der Waals surface area (Å²) in [5, 5.41) is 0.0233. The smallest absolute Gasteiger partial charge is 0.271 e. The topological polar surface area (TPSA) is 29.4 Å². The minimum atomic E-state index is -3.01. The fourth-order valence-electron chi connectivity index (χ4n) is 3.58. The zero-order chi connectivity index (χ0) is 24.2. The number of alkyl halides is 2. The molecule has 32 heavy (non-hydrogen) atoms. The van der Waals surface area contributed by atoms with Gasteiger partial charge in [-0.3, -0.25) is 9.79 Å². The minimum absolute atomic E-state index is 0.0233. The number of carbonyl (C=O) groups excluding carboxylic acids is 1. The van der Waals surface area contributed by atoms with Crippen LogP contribution < -0.4 is 0 Å². The van der Waals surface area contributed by atoms with Crippen molar-refractivity contribution in [3.8, 4) is 0 Å². The van der Waals surface area contributed by atoms with Crippen LogP contribution in [0.15, 0.2) is 47.5 Å². The fourth-order valence-corrected chi connectivity index (χ4v) is 3.93. The number of nitrogens with zero attached hydrogens (tertiary/aromatic N) is 1. The molecule has 0 aliphatic rings. The summed E-state index contributed by atoms with van der Waals surface area (Å²) in [5.41, 5.74) is 4.66. The van der Waals surface area contributed by atoms with Crippen LogP contribution in [0, 0.1) is 11.8 Å². The number of rotatable bonds is 8. The maximum atomic E-state index is 13.8. The quantitative estimate of drug-likeness (QED) is 0.288. The molecule has 0 bridgehead atoms. The molecular weight excluding hydrogens is 428 g/mol. The molecule has 0 aromatic heterocycles. The van der Waals surface area contributed by atoms with Crippen LogP contribution in [0.4, 0.5) is 8.78 Å². The summed E-state index contributed by atoms with van der Waals surface area (Å²) >= 11 is 6.18. The molecule has 0 heterocycles. The van der Waals surface area contributed by atoms with E-state index >= 15 is 0 Å². The lowest BCUT2D eigenvalue weighted by Crippen LogP contribution is -2.13. The Kier molecular flexibility index (Phi) is 8.53. The SMILES string of the molecule is C/C=C(\N=C(c1ccc(C(C)(F)F)c(Cl)c1)C(C)C)c1ccc(C(=O)C(C)C)c(CC)c1. The van der Waals surface area contributed by atoms with E-state index in [1.54, 1.807) is 12.1 Å². The Balaban J connectivity index is 2.55. The van der Waals surface area contributed by atoms with Crippen molar-refractivity contribution in [3.05, 3.63) is 75.3 Å². The number of allylic oxidation sites excluding steroid dienone is 1. The van der Waals surface area contributed by atoms with Gasteiger partial charge in [0, 0.05) is 29.5 Å². The number of ketones is 1. The van der Waals surface area contributed by atoms with Crippen LogP contribution >= 0.6 is 11.6 Å². The highest BCUT2D eigenvalue weighted by atomic mass is 35.5. The van der Waals surface area contributed by atoms with Gasteiger partial charge in [-0.15, -0.1) is 0 Å². The summed E-state index contributed by atoms with van der Waals surface area (Å²) in [6, 6.07) is 10.4. The van der Waals surface area contributed by atoms with Crippen LogP contribution in [0.25, 0.3) is 5.70 Å². The second-order valence-corrected chi connectivity index (χ2v) is 9.06. The lowest BCUT2D eigenvalue weighted by atomic mass is 9.92. The first kappa shape index (κ1) is 25.9. The molecule has 2 aromatic carbocycles. The Hall–Kier alpha value is -2.33. The highest BCUT2D eigenvalue weighted by molar-refractivity contribution is 6.32. The van der Waals surface area contributed by atoms with E-state index in [0.717, 1.165) is 41.4 Å². The van der Waals surface area contributed by atoms with Gasteiger partial charge in [0.05, 0.1) is 16.4 Å². The molecule has 0 fully saturated rings. The number of hydrogen-bond donors (Lipinski definition) is 0. The van der Waals surface area contributed by atoms with Crippen LogP contribution in [0.5, 0.6) is 0 Å². The minimum Gasteiger partial charge on any atom is -0.294 e. The Morgan fingerprint density at radius 2 is 1.69 bits per heavy atom. The number of halogens is 3. The lowest BCUT2D eigenvalue weighted by Gasteiger charge is -2.17. The highest BCUT2D eigenvalue weighted by Gasteiger charge is 2.27. The second-order valence-electron chi connectivity index (χ2n) is 8.65. The van der Waals surface area contributed by atoms with Gasteiger partial charge in [0.25, 0.3) is 5.92 Å². The number of aryl methyl sites for hydroxylation is 1. The Morgan fingerprint density at radius 1 is 1.06 bits per heavy atom. The Bertz CT molecular complexity index is 1050. The standard InChI is InChI=1S/C27H32ClF2NO/c1-8-18-14-19(10-12-21(18)26(32)17(5)6)24(9-2)31-25(16(3)4)20-11-13-22(23(28)15-20)27(7,29)30/h9-17H,8H2,1-7H3/b24-9-,31-25?. The molecule has 0 atom stereocenters. The summed E-state index contributed by atoms with van der Waals surface area (Å²) in [5.74, 6) is -2.91. The number of benzene rings is 2. The van der Waals surface area contributed by atoms with Gasteiger partial charge < -0.3 is 0 Å². The summed E-state index contributed by atoms with van der Waals surface area (Å²) in [6.45, 7) is 12.6. The van der Waals surface area contributed by atoms with Crippen molar-refractivity contribution in [1.82, 2.24) is 0 Å². The van der Waals surface area contributed by atoms with Crippen molar-refractivity contribution in [3.63, 3.8) is 0 Å². The number of aliphatic imine (C=N–C) groups is 1. The molecule has 0 amide bonds. The predicted octanol–water partition coefficient (Wildman–Crippen LogP) is 8.36. The van der Waals surface area contributed by atoms with Crippen molar-refractivity contribution in [1.29, 1.82) is 0 Å². The summed E-state index contributed by atoms with van der Waals surface area (Å²) in [6.07, 6.45) is 2.65. The molecule has 2 aromatic rings. The lowest BCUT2D eigenvalue weighted by molar-refractivity contribution is 0.0176. The first-order chi connectivity index (χ1) is 14.9. The van der Waals surface area contributed by atoms with Crippen LogP contribution in [0.1, 0.15) is 81.1 Å². The van der Waals surface area contributed by atoms with Crippen molar-refractivity contribution in [2.75, 3.05) is 0 Å². The molecular formula is C27H32ClF2NO. The molecule has 0 aliphatic heterocycles. The molecule has 0 saturated heterocycles. The molecule has 5 heteroatoms. The Morgan fingerprint density at radius 3 is 2.16 bits per heavy atom. The zero-order valence-electron chi connectivity index (χ0n) is 19.9. The summed E-state index contributed by atoms with van der Waals surface area (Å²) in [7, 11) is 0. The van der Waals surface area contributed by atoms with E-state index in [0.29, 0.717) is 5.56 Å². The third-order valence-corrected chi connectivity index (χ3v) is 5.68. The van der Waals surface area contributed by atoms with Gasteiger partial charge in [0.15, 0.2) is 5.78 Å². The van der Waals surface area contributed by atoms with Crippen molar-refractivity contribution < 1.29 is 13.6 Å². The fraction of sp³-hybridized carbons (Fsp3) is 0.407.